The number of ether oxygens (including phenoxy) is 1. The molecule has 0 radical (unpaired) electrons. The van der Waals surface area contributed by atoms with Crippen LogP contribution in [-0.2, 0) is 29.6 Å². The van der Waals surface area contributed by atoms with E-state index in [-0.39, 0.29) is 26.0 Å². The summed E-state index contributed by atoms with van der Waals surface area (Å²) in [7, 11) is -7.68. The van der Waals surface area contributed by atoms with Crippen molar-refractivity contribution in [3.63, 3.8) is 0 Å². The van der Waals surface area contributed by atoms with Crippen LogP contribution in [0.5, 0.6) is 0 Å². The van der Waals surface area contributed by atoms with E-state index in [1.165, 1.54) is 67.6 Å². The zero-order valence-corrected chi connectivity index (χ0v) is 20.6. The minimum Gasteiger partial charge on any atom is -0.449 e. The second-order valence-electron chi connectivity index (χ2n) is 6.85. The zero-order valence-electron chi connectivity index (χ0n) is 17.4. The van der Waals surface area contributed by atoms with Crippen molar-refractivity contribution in [2.24, 2.45) is 5.14 Å². The molecule has 14 heteroatoms. The van der Waals surface area contributed by atoms with E-state index in [1.807, 2.05) is 0 Å². The normalized spacial score (nSPS) is 12.6. The summed E-state index contributed by atoms with van der Waals surface area (Å²) < 4.78 is 55.1. The zero-order chi connectivity index (χ0) is 25.1. The molecule has 3 rings (SSSR count). The van der Waals surface area contributed by atoms with Crippen LogP contribution in [0.15, 0.2) is 69.8 Å². The van der Waals surface area contributed by atoms with Crippen LogP contribution in [0.25, 0.3) is 0 Å². The van der Waals surface area contributed by atoms with Crippen LogP contribution in [0.4, 0.5) is 11.4 Å². The number of benzene rings is 2. The monoisotopic (exact) mass is 543 g/mol. The summed E-state index contributed by atoms with van der Waals surface area (Å²) >= 11 is 6.68. The molecule has 0 bridgehead atoms. The molecule has 34 heavy (non-hydrogen) atoms. The molecule has 0 saturated heterocycles. The number of thiophene rings is 1. The Morgan fingerprint density at radius 3 is 2.06 bits per heavy atom. The molecule has 2 aromatic carbocycles. The van der Waals surface area contributed by atoms with Gasteiger partial charge in [-0.3, -0.25) is 9.52 Å². The quantitative estimate of drug-likeness (QED) is 0.368. The number of carbonyl (C=O) groups is 2. The molecule has 3 aromatic rings. The molecule has 0 saturated carbocycles. The van der Waals surface area contributed by atoms with Crippen molar-refractivity contribution in [2.75, 3.05) is 10.0 Å². The van der Waals surface area contributed by atoms with Crippen molar-refractivity contribution in [1.29, 1.82) is 0 Å². The van der Waals surface area contributed by atoms with E-state index in [1.54, 1.807) is 0 Å². The first-order chi connectivity index (χ1) is 15.8. The Bertz CT molecular complexity index is 1420. The Balaban J connectivity index is 1.59. The molecule has 0 aliphatic rings. The fourth-order valence-electron chi connectivity index (χ4n) is 2.58. The molecule has 0 aliphatic carbocycles. The predicted molar refractivity (Wildman–Crippen MR) is 128 cm³/mol. The summed E-state index contributed by atoms with van der Waals surface area (Å²) in [5, 5.41) is 7.52. The molecule has 0 aliphatic heterocycles. The number of nitrogens with one attached hydrogen (secondary N) is 2. The molecular weight excluding hydrogens is 526 g/mol. The van der Waals surface area contributed by atoms with E-state index in [4.69, 9.17) is 21.5 Å². The molecule has 10 nitrogen and oxygen atoms in total. The van der Waals surface area contributed by atoms with Crippen molar-refractivity contribution in [2.45, 2.75) is 22.1 Å². The van der Waals surface area contributed by atoms with Gasteiger partial charge in [0, 0.05) is 11.4 Å². The van der Waals surface area contributed by atoms with Crippen molar-refractivity contribution in [1.82, 2.24) is 0 Å². The Kier molecular flexibility index (Phi) is 7.63. The summed E-state index contributed by atoms with van der Waals surface area (Å²) in [6, 6.07) is 13.4. The number of halogens is 1. The van der Waals surface area contributed by atoms with E-state index < -0.39 is 38.0 Å². The number of nitrogens with two attached hydrogens (primary N) is 1. The van der Waals surface area contributed by atoms with Crippen LogP contribution in [0.3, 0.4) is 0 Å². The third-order valence-corrected chi connectivity index (χ3v) is 8.32. The number of anilines is 2. The SMILES string of the molecule is C[C@H](OC(=O)c1ccc(NS(=O)(=O)c2ccc(Cl)s2)cc1)C(=O)Nc1ccc(S(N)(=O)=O)cc1. The van der Waals surface area contributed by atoms with Gasteiger partial charge in [0.15, 0.2) is 6.10 Å². The average molecular weight is 544 g/mol. The first-order valence-corrected chi connectivity index (χ1v) is 13.6. The third-order valence-electron chi connectivity index (χ3n) is 4.29. The number of esters is 1. The second kappa shape index (κ2) is 10.1. The van der Waals surface area contributed by atoms with Gasteiger partial charge >= 0.3 is 5.97 Å². The maximum absolute atomic E-state index is 12.4. The van der Waals surface area contributed by atoms with Crippen LogP contribution < -0.4 is 15.2 Å². The first-order valence-electron chi connectivity index (χ1n) is 9.38. The number of hydrogen-bond acceptors (Lipinski definition) is 8. The smallest absolute Gasteiger partial charge is 0.338 e. The van der Waals surface area contributed by atoms with Gasteiger partial charge in [0.05, 0.1) is 14.8 Å². The van der Waals surface area contributed by atoms with E-state index >= 15 is 0 Å². The largest absolute Gasteiger partial charge is 0.449 e. The van der Waals surface area contributed by atoms with Crippen LogP contribution >= 0.6 is 22.9 Å². The highest BCUT2D eigenvalue weighted by Crippen LogP contribution is 2.27. The Labute approximate surface area is 204 Å². The maximum Gasteiger partial charge on any atom is 0.338 e. The van der Waals surface area contributed by atoms with Crippen molar-refractivity contribution < 1.29 is 31.2 Å². The highest BCUT2D eigenvalue weighted by molar-refractivity contribution is 7.94. The lowest BCUT2D eigenvalue weighted by Gasteiger charge is -2.14. The van der Waals surface area contributed by atoms with E-state index in [2.05, 4.69) is 10.0 Å². The molecule has 0 fully saturated rings. The van der Waals surface area contributed by atoms with Crippen molar-refractivity contribution >= 4 is 66.2 Å². The number of hydrogen-bond donors (Lipinski definition) is 3. The summed E-state index contributed by atoms with van der Waals surface area (Å²) in [5.74, 6) is -1.44. The summed E-state index contributed by atoms with van der Waals surface area (Å²) in [4.78, 5) is 24.5. The van der Waals surface area contributed by atoms with Gasteiger partial charge < -0.3 is 10.1 Å². The van der Waals surface area contributed by atoms with Gasteiger partial charge in [0.2, 0.25) is 10.0 Å². The second-order valence-corrected chi connectivity index (χ2v) is 12.0. The lowest BCUT2D eigenvalue weighted by atomic mass is 10.2. The molecule has 0 unspecified atom stereocenters. The van der Waals surface area contributed by atoms with Gasteiger partial charge in [-0.1, -0.05) is 11.6 Å². The van der Waals surface area contributed by atoms with Crippen molar-refractivity contribution in [3.8, 4) is 0 Å². The van der Waals surface area contributed by atoms with Crippen LogP contribution in [0.1, 0.15) is 17.3 Å². The third kappa shape index (κ3) is 6.55. The predicted octanol–water partition coefficient (Wildman–Crippen LogP) is 3.03. The van der Waals surface area contributed by atoms with Gasteiger partial charge in [-0.25, -0.2) is 26.8 Å². The molecular formula is C20H18ClN3O7S3. The van der Waals surface area contributed by atoms with Gasteiger partial charge in [-0.2, -0.15) is 0 Å². The van der Waals surface area contributed by atoms with Crippen molar-refractivity contribution in [3.05, 3.63) is 70.6 Å². The number of amides is 1. The highest BCUT2D eigenvalue weighted by Gasteiger charge is 2.20. The standard InChI is InChI=1S/C20H18ClN3O7S3/c1-12(19(25)23-14-6-8-16(9-7-14)33(22,27)28)31-20(26)13-2-4-15(5-3-13)24-34(29,30)18-11-10-17(21)32-18/h2-12,24H,1H3,(H,23,25)(H2,22,27,28)/t12-/m0/s1. The number of carbonyl (C=O) groups excluding carboxylic acids is 2. The molecule has 1 amide bonds. The molecule has 180 valence electrons. The van der Waals surface area contributed by atoms with Gasteiger partial charge in [-0.15, -0.1) is 11.3 Å². The fourth-order valence-corrected chi connectivity index (χ4v) is 5.63. The molecule has 4 N–H and O–H groups in total. The summed E-state index contributed by atoms with van der Waals surface area (Å²) in [6.07, 6.45) is -1.17. The Morgan fingerprint density at radius 1 is 0.941 bits per heavy atom. The minimum absolute atomic E-state index is 0.0418. The van der Waals surface area contributed by atoms with Crippen LogP contribution in [0.2, 0.25) is 4.34 Å². The van der Waals surface area contributed by atoms with E-state index in [0.717, 1.165) is 11.3 Å². The Hall–Kier alpha value is -2.97. The van der Waals surface area contributed by atoms with Crippen LogP contribution in [0, 0.1) is 0 Å². The minimum atomic E-state index is -3.86. The van der Waals surface area contributed by atoms with Gasteiger partial charge in [-0.05, 0) is 67.6 Å². The van der Waals surface area contributed by atoms with Gasteiger partial charge in [0.25, 0.3) is 15.9 Å². The summed E-state index contributed by atoms with van der Waals surface area (Å²) in [5.41, 5.74) is 0.595. The maximum atomic E-state index is 12.4. The van der Waals surface area contributed by atoms with E-state index in [9.17, 15) is 26.4 Å². The topological polar surface area (TPSA) is 162 Å². The molecule has 1 aromatic heterocycles. The Morgan fingerprint density at radius 2 is 1.53 bits per heavy atom. The first kappa shape index (κ1) is 25.6. The van der Waals surface area contributed by atoms with E-state index in [0.29, 0.717) is 4.34 Å². The molecule has 1 atom stereocenters. The lowest BCUT2D eigenvalue weighted by Crippen LogP contribution is -2.30. The summed E-state index contributed by atoms with van der Waals surface area (Å²) in [6.45, 7) is 1.36. The highest BCUT2D eigenvalue weighted by atomic mass is 35.5. The molecule has 0 spiro atoms. The average Bonchev–Trinajstić information content (AvgIpc) is 3.21. The number of sulfonamides is 2. The van der Waals surface area contributed by atoms with Gasteiger partial charge in [0.1, 0.15) is 4.21 Å². The fraction of sp³-hybridized carbons (Fsp3) is 0.100. The molecule has 1 heterocycles. The number of rotatable bonds is 8. The lowest BCUT2D eigenvalue weighted by molar-refractivity contribution is -0.123. The van der Waals surface area contributed by atoms with Crippen LogP contribution in [-0.4, -0.2) is 34.8 Å². The number of primary sulfonamides is 1.